The van der Waals surface area contributed by atoms with Crippen LogP contribution in [0.3, 0.4) is 0 Å². The number of carbonyl (C=O) groups excluding carboxylic acids is 2. The van der Waals surface area contributed by atoms with E-state index in [2.05, 4.69) is 81.5 Å². The van der Waals surface area contributed by atoms with Crippen molar-refractivity contribution in [3.05, 3.63) is 60.8 Å². The third-order valence-electron chi connectivity index (χ3n) is 12.0. The SMILES string of the molecule is CC/C=C\C/C=C\C/C=C\C/C=C\CCCCCCC(=O)OCC(COCCCCCCCCCCCCCCCCCCCCCC)OC(=O)CCCCCCC/C=C\CCCC. The van der Waals surface area contributed by atoms with Crippen molar-refractivity contribution in [3.8, 4) is 0 Å². The molecule has 0 aliphatic rings. The first-order valence-electron chi connectivity index (χ1n) is 27.8. The van der Waals surface area contributed by atoms with Crippen LogP contribution >= 0.6 is 0 Å². The van der Waals surface area contributed by atoms with Gasteiger partial charge in [-0.25, -0.2) is 0 Å². The number of ether oxygens (including phenoxy) is 3. The minimum atomic E-state index is -0.549. The van der Waals surface area contributed by atoms with E-state index < -0.39 is 6.10 Å². The molecule has 0 fully saturated rings. The summed E-state index contributed by atoms with van der Waals surface area (Å²) >= 11 is 0. The van der Waals surface area contributed by atoms with Crippen LogP contribution in [-0.4, -0.2) is 37.9 Å². The number of hydrogen-bond donors (Lipinski definition) is 0. The lowest BCUT2D eigenvalue weighted by molar-refractivity contribution is -0.163. The van der Waals surface area contributed by atoms with Crippen LogP contribution in [0.2, 0.25) is 0 Å². The number of unbranched alkanes of at least 4 members (excludes halogenated alkanes) is 30. The predicted molar refractivity (Wildman–Crippen MR) is 279 cm³/mol. The molecular weight excluding hydrogens is 789 g/mol. The second-order valence-corrected chi connectivity index (χ2v) is 18.5. The van der Waals surface area contributed by atoms with Gasteiger partial charge in [0.2, 0.25) is 0 Å². The minimum absolute atomic E-state index is 0.0709. The van der Waals surface area contributed by atoms with Gasteiger partial charge in [-0.2, -0.15) is 0 Å². The van der Waals surface area contributed by atoms with Gasteiger partial charge in [0.25, 0.3) is 0 Å². The van der Waals surface area contributed by atoms with Crippen molar-refractivity contribution in [3.63, 3.8) is 0 Å². The summed E-state index contributed by atoms with van der Waals surface area (Å²) in [5.41, 5.74) is 0. The highest BCUT2D eigenvalue weighted by Crippen LogP contribution is 2.16. The zero-order valence-electron chi connectivity index (χ0n) is 42.8. The maximum Gasteiger partial charge on any atom is 0.306 e. The second kappa shape index (κ2) is 54.9. The van der Waals surface area contributed by atoms with Gasteiger partial charge < -0.3 is 14.2 Å². The molecule has 0 bridgehead atoms. The van der Waals surface area contributed by atoms with Crippen molar-refractivity contribution in [1.29, 1.82) is 0 Å². The van der Waals surface area contributed by atoms with E-state index in [9.17, 15) is 9.59 Å². The van der Waals surface area contributed by atoms with Crippen LogP contribution in [0.25, 0.3) is 0 Å². The highest BCUT2D eigenvalue weighted by molar-refractivity contribution is 5.70. The molecule has 5 heteroatoms. The Morgan fingerprint density at radius 2 is 0.719 bits per heavy atom. The van der Waals surface area contributed by atoms with E-state index in [0.717, 1.165) is 96.3 Å². The van der Waals surface area contributed by atoms with E-state index in [-0.39, 0.29) is 25.2 Å². The lowest BCUT2D eigenvalue weighted by Crippen LogP contribution is -2.30. The molecule has 0 aliphatic heterocycles. The minimum Gasteiger partial charge on any atom is -0.462 e. The second-order valence-electron chi connectivity index (χ2n) is 18.5. The predicted octanol–water partition coefficient (Wildman–Crippen LogP) is 18.9. The Morgan fingerprint density at radius 3 is 1.19 bits per heavy atom. The van der Waals surface area contributed by atoms with Crippen LogP contribution < -0.4 is 0 Å². The maximum atomic E-state index is 12.8. The Morgan fingerprint density at radius 1 is 0.359 bits per heavy atom. The summed E-state index contributed by atoms with van der Waals surface area (Å²) in [6.07, 6.45) is 69.6. The molecule has 0 saturated carbocycles. The van der Waals surface area contributed by atoms with Gasteiger partial charge in [-0.15, -0.1) is 0 Å². The van der Waals surface area contributed by atoms with Crippen LogP contribution in [0.4, 0.5) is 0 Å². The Hall–Kier alpha value is -2.40. The van der Waals surface area contributed by atoms with E-state index in [1.807, 2.05) is 0 Å². The third kappa shape index (κ3) is 52.2. The molecule has 0 saturated heterocycles. The normalized spacial score (nSPS) is 12.6. The highest BCUT2D eigenvalue weighted by Gasteiger charge is 2.17. The van der Waals surface area contributed by atoms with Gasteiger partial charge in [-0.1, -0.05) is 248 Å². The lowest BCUT2D eigenvalue weighted by Gasteiger charge is -2.18. The van der Waals surface area contributed by atoms with Gasteiger partial charge >= 0.3 is 11.9 Å². The molecular formula is C59H106O5. The molecule has 64 heavy (non-hydrogen) atoms. The van der Waals surface area contributed by atoms with Crippen molar-refractivity contribution in [2.75, 3.05) is 19.8 Å². The molecule has 0 amide bonds. The summed E-state index contributed by atoms with van der Waals surface area (Å²) in [7, 11) is 0. The molecule has 1 unspecified atom stereocenters. The largest absolute Gasteiger partial charge is 0.462 e. The third-order valence-corrected chi connectivity index (χ3v) is 12.0. The van der Waals surface area contributed by atoms with E-state index in [1.54, 1.807) is 0 Å². The zero-order valence-corrected chi connectivity index (χ0v) is 42.8. The molecule has 0 N–H and O–H groups in total. The summed E-state index contributed by atoms with van der Waals surface area (Å²) in [5, 5.41) is 0. The number of rotatable bonds is 51. The van der Waals surface area contributed by atoms with Crippen LogP contribution in [-0.2, 0) is 23.8 Å². The molecule has 0 aromatic heterocycles. The first-order chi connectivity index (χ1) is 31.6. The first-order valence-corrected chi connectivity index (χ1v) is 27.8. The van der Waals surface area contributed by atoms with Crippen LogP contribution in [0.15, 0.2) is 60.8 Å². The smallest absolute Gasteiger partial charge is 0.306 e. The zero-order chi connectivity index (χ0) is 46.3. The van der Waals surface area contributed by atoms with Crippen molar-refractivity contribution in [1.82, 2.24) is 0 Å². The topological polar surface area (TPSA) is 61.8 Å². The Bertz CT molecular complexity index is 1100. The summed E-state index contributed by atoms with van der Waals surface area (Å²) < 4.78 is 17.4. The average molecular weight is 895 g/mol. The molecule has 0 aliphatic carbocycles. The fourth-order valence-corrected chi connectivity index (χ4v) is 7.90. The quantitative estimate of drug-likeness (QED) is 0.0346. The number of esters is 2. The molecule has 0 heterocycles. The molecule has 0 spiro atoms. The van der Waals surface area contributed by atoms with E-state index in [4.69, 9.17) is 14.2 Å². The molecule has 0 radical (unpaired) electrons. The van der Waals surface area contributed by atoms with Crippen LogP contribution in [0.5, 0.6) is 0 Å². The monoisotopic (exact) mass is 895 g/mol. The van der Waals surface area contributed by atoms with Gasteiger partial charge in [0.1, 0.15) is 6.61 Å². The summed E-state index contributed by atoms with van der Waals surface area (Å²) in [5.74, 6) is -0.426. The molecule has 0 rings (SSSR count). The van der Waals surface area contributed by atoms with E-state index in [1.165, 1.54) is 148 Å². The number of allylic oxidation sites excluding steroid dienone is 10. The van der Waals surface area contributed by atoms with Gasteiger partial charge in [0.15, 0.2) is 6.10 Å². The summed E-state index contributed by atoms with van der Waals surface area (Å²) in [4.78, 5) is 25.4. The first kappa shape index (κ1) is 61.6. The Balaban J connectivity index is 4.22. The average Bonchev–Trinajstić information content (AvgIpc) is 3.30. The maximum absolute atomic E-state index is 12.8. The van der Waals surface area contributed by atoms with Crippen molar-refractivity contribution < 1.29 is 23.8 Å². The van der Waals surface area contributed by atoms with Crippen molar-refractivity contribution in [2.24, 2.45) is 0 Å². The standard InChI is InChI=1S/C59H106O5/c1-4-7-10-13-16-19-22-24-26-28-29-30-32-34-36-39-42-45-48-51-54-62-55-57(64-59(61)53-50-47-44-41-37-21-18-15-12-9-6-3)56-63-58(60)52-49-46-43-40-38-35-33-31-27-25-23-20-17-14-11-8-5-2/h8,11,15,17-18,20,25,27,33,35,57H,4-7,9-10,12-14,16,19,21-24,26,28-32,34,36-56H2,1-3H3/b11-8-,18-15-,20-17-,27-25-,35-33-. The van der Waals surface area contributed by atoms with Gasteiger partial charge in [0.05, 0.1) is 6.61 Å². The van der Waals surface area contributed by atoms with Gasteiger partial charge in [0, 0.05) is 19.4 Å². The van der Waals surface area contributed by atoms with Crippen LogP contribution in [0.1, 0.15) is 278 Å². The fourth-order valence-electron chi connectivity index (χ4n) is 7.90. The Labute approximate surface area is 398 Å². The molecule has 0 aromatic rings. The van der Waals surface area contributed by atoms with Gasteiger partial charge in [-0.3, -0.25) is 9.59 Å². The lowest BCUT2D eigenvalue weighted by atomic mass is 10.0. The summed E-state index contributed by atoms with van der Waals surface area (Å²) in [6.45, 7) is 7.68. The fraction of sp³-hybridized carbons (Fsp3) is 0.797. The van der Waals surface area contributed by atoms with E-state index in [0.29, 0.717) is 19.4 Å². The van der Waals surface area contributed by atoms with E-state index >= 15 is 0 Å². The van der Waals surface area contributed by atoms with Crippen molar-refractivity contribution in [2.45, 2.75) is 284 Å². The Kier molecular flexibility index (Phi) is 52.9. The number of carbonyl (C=O) groups is 2. The molecule has 0 aromatic carbocycles. The highest BCUT2D eigenvalue weighted by atomic mass is 16.6. The number of hydrogen-bond acceptors (Lipinski definition) is 5. The molecule has 372 valence electrons. The van der Waals surface area contributed by atoms with Gasteiger partial charge in [-0.05, 0) is 77.0 Å². The molecule has 5 nitrogen and oxygen atoms in total. The van der Waals surface area contributed by atoms with Crippen molar-refractivity contribution >= 4 is 11.9 Å². The van der Waals surface area contributed by atoms with Crippen LogP contribution in [0, 0.1) is 0 Å². The molecule has 1 atom stereocenters. The summed E-state index contributed by atoms with van der Waals surface area (Å²) in [6, 6.07) is 0.